The highest BCUT2D eigenvalue weighted by Gasteiger charge is 2.20. The maximum absolute atomic E-state index is 12.3. The maximum atomic E-state index is 12.3. The molecule has 0 aliphatic carbocycles. The number of amides is 2. The maximum Gasteiger partial charge on any atom is 0.253 e. The van der Waals surface area contributed by atoms with E-state index < -0.39 is 0 Å². The largest absolute Gasteiger partial charge is 0.347 e. The molecule has 6 heteroatoms. The molecule has 0 unspecified atom stereocenters. The van der Waals surface area contributed by atoms with Crippen LogP contribution in [0.3, 0.4) is 0 Å². The van der Waals surface area contributed by atoms with Crippen molar-refractivity contribution >= 4 is 29.1 Å². The average molecular weight is 340 g/mol. The Morgan fingerprint density at radius 2 is 1.96 bits per heavy atom. The first-order valence-electron chi connectivity index (χ1n) is 7.85. The molecule has 2 amide bonds. The fraction of sp³-hybridized carbons (Fsp3) is 0.529. The number of hydrogen-bond acceptors (Lipinski definition) is 3. The molecule has 0 aliphatic heterocycles. The van der Waals surface area contributed by atoms with Gasteiger partial charge in [0.1, 0.15) is 0 Å². The predicted molar refractivity (Wildman–Crippen MR) is 95.1 cm³/mol. The number of nitrogens with one attached hydrogen (secondary N) is 3. The highest BCUT2D eigenvalue weighted by molar-refractivity contribution is 6.34. The van der Waals surface area contributed by atoms with Crippen molar-refractivity contribution in [3.8, 4) is 0 Å². The van der Waals surface area contributed by atoms with Gasteiger partial charge in [-0.3, -0.25) is 9.59 Å². The topological polar surface area (TPSA) is 70.2 Å². The lowest BCUT2D eigenvalue weighted by atomic mass is 10.0. The van der Waals surface area contributed by atoms with E-state index in [-0.39, 0.29) is 17.4 Å². The SMILES string of the molecule is CCC(C)(C)NC(=O)c1ccc(NC(=O)CCCNC)cc1Cl. The van der Waals surface area contributed by atoms with E-state index in [0.717, 1.165) is 19.4 Å². The zero-order valence-corrected chi connectivity index (χ0v) is 15.0. The molecule has 0 atom stereocenters. The van der Waals surface area contributed by atoms with E-state index in [1.165, 1.54) is 0 Å². The lowest BCUT2D eigenvalue weighted by Crippen LogP contribution is -2.42. The molecule has 0 saturated carbocycles. The molecule has 1 aromatic rings. The smallest absolute Gasteiger partial charge is 0.253 e. The Balaban J connectivity index is 2.71. The average Bonchev–Trinajstić information content (AvgIpc) is 2.47. The number of carbonyl (C=O) groups is 2. The summed E-state index contributed by atoms with van der Waals surface area (Å²) < 4.78 is 0. The molecule has 0 bridgehead atoms. The van der Waals surface area contributed by atoms with Crippen LogP contribution in [0.25, 0.3) is 0 Å². The summed E-state index contributed by atoms with van der Waals surface area (Å²) in [5.74, 6) is -0.283. The fourth-order valence-corrected chi connectivity index (χ4v) is 2.16. The first kappa shape index (κ1) is 19.5. The molecule has 128 valence electrons. The Hall–Kier alpha value is -1.59. The van der Waals surface area contributed by atoms with Gasteiger partial charge >= 0.3 is 0 Å². The Morgan fingerprint density at radius 3 is 2.52 bits per heavy atom. The minimum Gasteiger partial charge on any atom is -0.347 e. The molecule has 0 heterocycles. The minimum atomic E-state index is -0.291. The molecule has 1 rings (SSSR count). The zero-order chi connectivity index (χ0) is 17.5. The summed E-state index contributed by atoms with van der Waals surface area (Å²) in [7, 11) is 1.85. The quantitative estimate of drug-likeness (QED) is 0.637. The molecule has 0 saturated heterocycles. The van der Waals surface area contributed by atoms with Gasteiger partial charge in [-0.2, -0.15) is 0 Å². The van der Waals surface area contributed by atoms with Crippen LogP contribution in [0.2, 0.25) is 5.02 Å². The Morgan fingerprint density at radius 1 is 1.26 bits per heavy atom. The number of rotatable bonds is 8. The van der Waals surface area contributed by atoms with Crippen molar-refractivity contribution in [3.05, 3.63) is 28.8 Å². The highest BCUT2D eigenvalue weighted by atomic mass is 35.5. The first-order valence-corrected chi connectivity index (χ1v) is 8.23. The van der Waals surface area contributed by atoms with Gasteiger partial charge in [-0.25, -0.2) is 0 Å². The van der Waals surface area contributed by atoms with E-state index in [2.05, 4.69) is 16.0 Å². The summed E-state index contributed by atoms with van der Waals surface area (Å²) in [5, 5.41) is 9.04. The lowest BCUT2D eigenvalue weighted by molar-refractivity contribution is -0.116. The van der Waals surface area contributed by atoms with Crippen LogP contribution >= 0.6 is 11.6 Å². The minimum absolute atomic E-state index is 0.0689. The third-order valence-electron chi connectivity index (χ3n) is 3.66. The van der Waals surface area contributed by atoms with Gasteiger partial charge in [0.2, 0.25) is 5.91 Å². The number of carbonyl (C=O) groups excluding carboxylic acids is 2. The van der Waals surface area contributed by atoms with Crippen molar-refractivity contribution < 1.29 is 9.59 Å². The summed E-state index contributed by atoms with van der Waals surface area (Å²) in [6, 6.07) is 4.92. The normalized spacial score (nSPS) is 11.2. The van der Waals surface area contributed by atoms with E-state index in [9.17, 15) is 9.59 Å². The second kappa shape index (κ2) is 8.89. The van der Waals surface area contributed by atoms with Crippen LogP contribution in [0.15, 0.2) is 18.2 Å². The molecular weight excluding hydrogens is 314 g/mol. The van der Waals surface area contributed by atoms with E-state index in [1.807, 2.05) is 27.8 Å². The second-order valence-corrected chi connectivity index (χ2v) is 6.55. The van der Waals surface area contributed by atoms with Gasteiger partial charge in [-0.1, -0.05) is 18.5 Å². The van der Waals surface area contributed by atoms with Gasteiger partial charge in [0, 0.05) is 17.6 Å². The lowest BCUT2D eigenvalue weighted by Gasteiger charge is -2.24. The summed E-state index contributed by atoms with van der Waals surface area (Å²) >= 11 is 6.18. The van der Waals surface area contributed by atoms with Crippen molar-refractivity contribution in [2.45, 2.75) is 45.6 Å². The molecule has 0 radical (unpaired) electrons. The number of benzene rings is 1. The van der Waals surface area contributed by atoms with Crippen LogP contribution in [0.4, 0.5) is 5.69 Å². The van der Waals surface area contributed by atoms with Crippen LogP contribution in [-0.2, 0) is 4.79 Å². The second-order valence-electron chi connectivity index (χ2n) is 6.14. The molecular formula is C17H26ClN3O2. The highest BCUT2D eigenvalue weighted by Crippen LogP contribution is 2.22. The zero-order valence-electron chi connectivity index (χ0n) is 14.3. The first-order chi connectivity index (χ1) is 10.8. The fourth-order valence-electron chi connectivity index (χ4n) is 1.89. The molecule has 0 aliphatic rings. The van der Waals surface area contributed by atoms with E-state index >= 15 is 0 Å². The summed E-state index contributed by atoms with van der Waals surface area (Å²) in [4.78, 5) is 24.0. The Kier molecular flexibility index (Phi) is 7.52. The molecule has 3 N–H and O–H groups in total. The number of anilines is 1. The van der Waals surface area contributed by atoms with Gasteiger partial charge in [-0.05, 0) is 58.5 Å². The van der Waals surface area contributed by atoms with Gasteiger partial charge in [0.15, 0.2) is 0 Å². The monoisotopic (exact) mass is 339 g/mol. The van der Waals surface area contributed by atoms with Gasteiger partial charge in [0.05, 0.1) is 10.6 Å². The van der Waals surface area contributed by atoms with E-state index in [0.29, 0.717) is 22.7 Å². The summed E-state index contributed by atoms with van der Waals surface area (Å²) in [6.07, 6.45) is 2.02. The molecule has 23 heavy (non-hydrogen) atoms. The summed E-state index contributed by atoms with van der Waals surface area (Å²) in [5.41, 5.74) is 0.706. The Labute approximate surface area is 143 Å². The van der Waals surface area contributed by atoms with Crippen molar-refractivity contribution in [2.75, 3.05) is 18.9 Å². The number of halogens is 1. The van der Waals surface area contributed by atoms with Crippen molar-refractivity contribution in [3.63, 3.8) is 0 Å². The van der Waals surface area contributed by atoms with E-state index in [4.69, 9.17) is 11.6 Å². The third kappa shape index (κ3) is 6.59. The third-order valence-corrected chi connectivity index (χ3v) is 3.98. The summed E-state index contributed by atoms with van der Waals surface area (Å²) in [6.45, 7) is 6.71. The van der Waals surface area contributed by atoms with Crippen LogP contribution in [0, 0.1) is 0 Å². The Bertz CT molecular complexity index is 559. The molecule has 5 nitrogen and oxygen atoms in total. The van der Waals surface area contributed by atoms with Crippen LogP contribution in [-0.4, -0.2) is 30.9 Å². The molecule has 0 spiro atoms. The number of hydrogen-bond donors (Lipinski definition) is 3. The van der Waals surface area contributed by atoms with Gasteiger partial charge < -0.3 is 16.0 Å². The predicted octanol–water partition coefficient (Wildman–Crippen LogP) is 3.20. The van der Waals surface area contributed by atoms with Crippen LogP contribution in [0.5, 0.6) is 0 Å². The molecule has 0 aromatic heterocycles. The van der Waals surface area contributed by atoms with Gasteiger partial charge in [0.25, 0.3) is 5.91 Å². The van der Waals surface area contributed by atoms with Crippen LogP contribution < -0.4 is 16.0 Å². The standard InChI is InChI=1S/C17H26ClN3O2/c1-5-17(2,3)21-16(23)13-9-8-12(11-14(13)18)20-15(22)7-6-10-19-4/h8-9,11,19H,5-7,10H2,1-4H3,(H,20,22)(H,21,23). The van der Waals surface area contributed by atoms with E-state index in [1.54, 1.807) is 18.2 Å². The van der Waals surface area contributed by atoms with Crippen molar-refractivity contribution in [2.24, 2.45) is 0 Å². The van der Waals surface area contributed by atoms with Crippen molar-refractivity contribution in [1.82, 2.24) is 10.6 Å². The van der Waals surface area contributed by atoms with Gasteiger partial charge in [-0.15, -0.1) is 0 Å². The molecule has 1 aromatic carbocycles. The van der Waals surface area contributed by atoms with Crippen molar-refractivity contribution in [1.29, 1.82) is 0 Å². The molecule has 0 fully saturated rings. The van der Waals surface area contributed by atoms with Crippen LogP contribution in [0.1, 0.15) is 50.4 Å².